The van der Waals surface area contributed by atoms with Gasteiger partial charge >= 0.3 is 0 Å². The van der Waals surface area contributed by atoms with Crippen LogP contribution in [0.25, 0.3) is 0 Å². The van der Waals surface area contributed by atoms with Gasteiger partial charge in [0.15, 0.2) is 12.6 Å². The fourth-order valence-corrected chi connectivity index (χ4v) is 3.13. The van der Waals surface area contributed by atoms with Gasteiger partial charge in [-0.3, -0.25) is 4.79 Å². The number of amides is 1. The molecule has 1 amide bonds. The highest BCUT2D eigenvalue weighted by atomic mass is 19.1. The Bertz CT molecular complexity index is 877. The van der Waals surface area contributed by atoms with Crippen LogP contribution in [0.5, 0.6) is 5.75 Å². The zero-order chi connectivity index (χ0) is 21.5. The molecule has 0 aromatic heterocycles. The molecule has 0 unspecified atom stereocenters. The van der Waals surface area contributed by atoms with Gasteiger partial charge in [-0.15, -0.1) is 0 Å². The van der Waals surface area contributed by atoms with Crippen molar-refractivity contribution in [1.82, 2.24) is 9.80 Å². The third kappa shape index (κ3) is 5.85. The Hall–Kier alpha value is -3.29. The summed E-state index contributed by atoms with van der Waals surface area (Å²) < 4.78 is 18.6. The Labute approximate surface area is 176 Å². The number of nitrogens with two attached hydrogens (primary N) is 1. The van der Waals surface area contributed by atoms with E-state index in [4.69, 9.17) is 10.5 Å². The summed E-state index contributed by atoms with van der Waals surface area (Å²) in [5.41, 5.74) is 8.16. The van der Waals surface area contributed by atoms with Crippen molar-refractivity contribution in [2.45, 2.75) is 6.54 Å². The normalized spacial score (nSPS) is 14.6. The van der Waals surface area contributed by atoms with E-state index < -0.39 is 0 Å². The van der Waals surface area contributed by atoms with Crippen LogP contribution in [0.3, 0.4) is 0 Å². The number of rotatable bonds is 6. The van der Waals surface area contributed by atoms with Crippen LogP contribution >= 0.6 is 0 Å². The van der Waals surface area contributed by atoms with E-state index in [1.54, 1.807) is 26.2 Å². The Morgan fingerprint density at radius 2 is 1.83 bits per heavy atom. The zero-order valence-electron chi connectivity index (χ0n) is 17.4. The number of likely N-dealkylation sites (N-methyl/N-ethyl adjacent to an activating group) is 1. The monoisotopic (exact) mass is 413 g/mol. The molecule has 7 nitrogen and oxygen atoms in total. The smallest absolute Gasteiger partial charge is 0.259 e. The molecule has 0 saturated carbocycles. The number of piperazine rings is 1. The van der Waals surface area contributed by atoms with E-state index in [0.717, 1.165) is 37.4 Å². The van der Waals surface area contributed by atoms with Crippen molar-refractivity contribution in [3.05, 3.63) is 59.9 Å². The molecule has 1 fully saturated rings. The lowest BCUT2D eigenvalue weighted by atomic mass is 10.2. The van der Waals surface area contributed by atoms with Crippen LogP contribution in [0.2, 0.25) is 0 Å². The topological polar surface area (TPSA) is 74.4 Å². The van der Waals surface area contributed by atoms with Crippen LogP contribution in [0.4, 0.5) is 10.1 Å². The Morgan fingerprint density at radius 3 is 2.50 bits per heavy atom. The molecule has 8 heteroatoms. The first kappa shape index (κ1) is 21.4. The van der Waals surface area contributed by atoms with E-state index >= 15 is 0 Å². The second kappa shape index (κ2) is 9.96. The number of carbonyl (C=O) groups excluding carboxylic acids is 1. The average Bonchev–Trinajstić information content (AvgIpc) is 2.76. The lowest BCUT2D eigenvalue weighted by Gasteiger charge is -2.36. The molecule has 1 aliphatic rings. The predicted molar refractivity (Wildman–Crippen MR) is 116 cm³/mol. The number of halogens is 1. The largest absolute Gasteiger partial charge is 0.484 e. The number of benzene rings is 2. The lowest BCUT2D eigenvalue weighted by Crippen LogP contribution is -2.51. The van der Waals surface area contributed by atoms with Gasteiger partial charge in [-0.2, -0.15) is 0 Å². The molecular weight excluding hydrogens is 385 g/mol. The summed E-state index contributed by atoms with van der Waals surface area (Å²) in [4.78, 5) is 21.9. The Kier molecular flexibility index (Phi) is 7.11. The second-order valence-electron chi connectivity index (χ2n) is 7.35. The Balaban J connectivity index is 1.51. The van der Waals surface area contributed by atoms with Gasteiger partial charge < -0.3 is 25.2 Å². The van der Waals surface area contributed by atoms with E-state index in [2.05, 4.69) is 14.8 Å². The maximum absolute atomic E-state index is 13.1. The highest BCUT2D eigenvalue weighted by Gasteiger charge is 2.18. The number of anilines is 1. The number of aliphatic imine (C=N–C) groups is 1. The Morgan fingerprint density at radius 1 is 1.13 bits per heavy atom. The van der Waals surface area contributed by atoms with Crippen LogP contribution in [-0.2, 0) is 11.3 Å². The summed E-state index contributed by atoms with van der Waals surface area (Å²) in [6, 6.07) is 14.0. The quantitative estimate of drug-likeness (QED) is 0.579. The molecule has 2 aromatic carbocycles. The molecule has 0 spiro atoms. The molecule has 2 aromatic rings. The van der Waals surface area contributed by atoms with Gasteiger partial charge in [-0.1, -0.05) is 12.1 Å². The minimum atomic E-state index is -0.229. The lowest BCUT2D eigenvalue weighted by molar-refractivity contribution is -0.130. The van der Waals surface area contributed by atoms with Gasteiger partial charge in [0.05, 0.1) is 6.54 Å². The molecule has 2 N–H and O–H groups in total. The second-order valence-corrected chi connectivity index (χ2v) is 7.35. The predicted octanol–water partition coefficient (Wildman–Crippen LogP) is 1.93. The fraction of sp³-hybridized carbons (Fsp3) is 0.364. The summed E-state index contributed by atoms with van der Waals surface area (Å²) in [7, 11) is 3.39. The average molecular weight is 413 g/mol. The van der Waals surface area contributed by atoms with Crippen molar-refractivity contribution >= 4 is 17.6 Å². The molecule has 1 aliphatic heterocycles. The molecule has 30 heavy (non-hydrogen) atoms. The van der Waals surface area contributed by atoms with Crippen LogP contribution in [0.1, 0.15) is 5.56 Å². The highest BCUT2D eigenvalue weighted by molar-refractivity contribution is 5.78. The third-order valence-electron chi connectivity index (χ3n) is 4.98. The van der Waals surface area contributed by atoms with Gasteiger partial charge in [0.25, 0.3) is 5.91 Å². The molecule has 0 bridgehead atoms. The fourth-order valence-electron chi connectivity index (χ4n) is 3.13. The maximum Gasteiger partial charge on any atom is 0.259 e. The molecule has 1 heterocycles. The zero-order valence-corrected chi connectivity index (χ0v) is 17.4. The van der Waals surface area contributed by atoms with E-state index in [9.17, 15) is 9.18 Å². The molecule has 0 aliphatic carbocycles. The molecule has 160 valence electrons. The number of hydrogen-bond acceptors (Lipinski definition) is 4. The van der Waals surface area contributed by atoms with Crippen molar-refractivity contribution < 1.29 is 13.9 Å². The molecular formula is C22H28FN5O2. The van der Waals surface area contributed by atoms with Gasteiger partial charge in [0.2, 0.25) is 0 Å². The van der Waals surface area contributed by atoms with Crippen LogP contribution < -0.4 is 15.4 Å². The summed E-state index contributed by atoms with van der Waals surface area (Å²) >= 11 is 0. The third-order valence-corrected chi connectivity index (χ3v) is 4.98. The van der Waals surface area contributed by atoms with Crippen LogP contribution in [0.15, 0.2) is 53.5 Å². The maximum atomic E-state index is 13.1. The summed E-state index contributed by atoms with van der Waals surface area (Å²) in [6.07, 6.45) is 0. The van der Waals surface area contributed by atoms with Crippen molar-refractivity contribution in [3.8, 4) is 5.75 Å². The number of carbonyl (C=O) groups is 1. The first-order chi connectivity index (χ1) is 14.4. The first-order valence-corrected chi connectivity index (χ1v) is 9.89. The standard InChI is InChI=1S/C22H28FN5O2/c1-26(2)21(29)16-30-20-5-3-4-17(14-20)15-25-22(24)28-12-10-27(11-13-28)19-8-6-18(23)7-9-19/h3-9,14H,10-13,15-16H2,1-2H3,(H2,24,25). The van der Waals surface area contributed by atoms with Gasteiger partial charge in [-0.05, 0) is 42.0 Å². The van der Waals surface area contributed by atoms with Gasteiger partial charge in [-0.25, -0.2) is 9.38 Å². The van der Waals surface area contributed by atoms with Crippen molar-refractivity contribution in [2.75, 3.05) is 51.8 Å². The van der Waals surface area contributed by atoms with Gasteiger partial charge in [0.1, 0.15) is 11.6 Å². The molecule has 0 atom stereocenters. The van der Waals surface area contributed by atoms with Crippen molar-refractivity contribution in [2.24, 2.45) is 10.7 Å². The number of guanidine groups is 1. The minimum absolute atomic E-state index is 0.000192. The van der Waals surface area contributed by atoms with E-state index in [-0.39, 0.29) is 18.3 Å². The molecule has 3 rings (SSSR count). The van der Waals surface area contributed by atoms with Gasteiger partial charge in [0, 0.05) is 46.0 Å². The number of ether oxygens (including phenoxy) is 1. The minimum Gasteiger partial charge on any atom is -0.484 e. The first-order valence-electron chi connectivity index (χ1n) is 9.89. The van der Waals surface area contributed by atoms with Crippen LogP contribution in [-0.4, -0.2) is 68.5 Å². The summed E-state index contributed by atoms with van der Waals surface area (Å²) in [6.45, 7) is 3.53. The molecule has 1 saturated heterocycles. The SMILES string of the molecule is CN(C)C(=O)COc1cccc(CN=C(N)N2CCN(c3ccc(F)cc3)CC2)c1. The van der Waals surface area contributed by atoms with Crippen molar-refractivity contribution in [1.29, 1.82) is 0 Å². The number of nitrogens with zero attached hydrogens (tertiary/aromatic N) is 4. The van der Waals surface area contributed by atoms with Crippen molar-refractivity contribution in [3.63, 3.8) is 0 Å². The highest BCUT2D eigenvalue weighted by Crippen LogP contribution is 2.17. The number of hydrogen-bond donors (Lipinski definition) is 1. The van der Waals surface area contributed by atoms with E-state index in [1.165, 1.54) is 17.0 Å². The summed E-state index contributed by atoms with van der Waals surface area (Å²) in [5, 5.41) is 0. The summed E-state index contributed by atoms with van der Waals surface area (Å²) in [5.74, 6) is 0.808. The van der Waals surface area contributed by atoms with E-state index in [1.807, 2.05) is 24.3 Å². The van der Waals surface area contributed by atoms with E-state index in [0.29, 0.717) is 18.3 Å². The van der Waals surface area contributed by atoms with Crippen LogP contribution in [0, 0.1) is 5.82 Å². The molecule has 0 radical (unpaired) electrons.